The van der Waals surface area contributed by atoms with Crippen LogP contribution in [0.1, 0.15) is 60.7 Å². The lowest BCUT2D eigenvalue weighted by atomic mass is 10.1. The molecule has 1 aliphatic heterocycles. The first-order valence-corrected chi connectivity index (χ1v) is 8.82. The van der Waals surface area contributed by atoms with Crippen molar-refractivity contribution in [2.75, 3.05) is 6.54 Å². The highest BCUT2D eigenvalue weighted by atomic mass is 35.5. The third-order valence-corrected chi connectivity index (χ3v) is 4.85. The molecule has 6 nitrogen and oxygen atoms in total. The van der Waals surface area contributed by atoms with Crippen molar-refractivity contribution in [2.24, 2.45) is 0 Å². The van der Waals surface area contributed by atoms with E-state index in [0.717, 1.165) is 29.7 Å². The predicted molar refractivity (Wildman–Crippen MR) is 94.7 cm³/mol. The number of rotatable bonds is 3. The quantitative estimate of drug-likeness (QED) is 0.757. The average molecular weight is 359 g/mol. The van der Waals surface area contributed by atoms with Crippen LogP contribution in [-0.2, 0) is 0 Å². The van der Waals surface area contributed by atoms with E-state index in [9.17, 15) is 4.79 Å². The number of amides is 1. The van der Waals surface area contributed by atoms with Crippen molar-refractivity contribution in [1.82, 2.24) is 19.9 Å². The van der Waals surface area contributed by atoms with Gasteiger partial charge in [-0.3, -0.25) is 4.79 Å². The summed E-state index contributed by atoms with van der Waals surface area (Å²) in [6.07, 6.45) is 3.15. The van der Waals surface area contributed by atoms with E-state index in [1.807, 2.05) is 36.9 Å². The van der Waals surface area contributed by atoms with Gasteiger partial charge in [0.05, 0.1) is 17.1 Å². The maximum absolute atomic E-state index is 13.0. The van der Waals surface area contributed by atoms with Gasteiger partial charge in [-0.15, -0.1) is 0 Å². The van der Waals surface area contributed by atoms with Crippen molar-refractivity contribution in [3.05, 3.63) is 46.9 Å². The summed E-state index contributed by atoms with van der Waals surface area (Å²) in [7, 11) is 0. The van der Waals surface area contributed by atoms with E-state index in [0.29, 0.717) is 23.0 Å². The minimum atomic E-state index is -0.0987. The molecule has 0 bridgehead atoms. The van der Waals surface area contributed by atoms with E-state index in [-0.39, 0.29) is 17.9 Å². The number of halogens is 1. The van der Waals surface area contributed by atoms with E-state index in [1.165, 1.54) is 6.39 Å². The first-order valence-electron chi connectivity index (χ1n) is 8.44. The van der Waals surface area contributed by atoms with Crippen molar-refractivity contribution >= 4 is 28.5 Å². The molecule has 7 heteroatoms. The molecule has 25 heavy (non-hydrogen) atoms. The van der Waals surface area contributed by atoms with Crippen LogP contribution in [0.4, 0.5) is 0 Å². The van der Waals surface area contributed by atoms with Crippen LogP contribution in [0.15, 0.2) is 29.0 Å². The van der Waals surface area contributed by atoms with E-state index < -0.39 is 0 Å². The van der Waals surface area contributed by atoms with Crippen LogP contribution in [0, 0.1) is 0 Å². The van der Waals surface area contributed by atoms with Crippen LogP contribution >= 0.6 is 11.6 Å². The molecule has 1 fully saturated rings. The molecule has 0 spiro atoms. The number of carbonyl (C=O) groups is 1. The third-order valence-electron chi connectivity index (χ3n) is 4.61. The summed E-state index contributed by atoms with van der Waals surface area (Å²) in [4.78, 5) is 27.0. The zero-order valence-corrected chi connectivity index (χ0v) is 14.9. The standard InChI is InChI=1S/C18H19ClN4O2/c1-10(2)16-15(20-9-25-16)18(24)23-7-3-4-14(23)17-21-12-6-5-11(19)8-13(12)22-17/h5-6,8-10,14H,3-4,7H2,1-2H3,(H,21,22). The van der Waals surface area contributed by atoms with Crippen LogP contribution in [0.3, 0.4) is 0 Å². The van der Waals surface area contributed by atoms with Gasteiger partial charge in [-0.2, -0.15) is 0 Å². The van der Waals surface area contributed by atoms with Gasteiger partial charge in [0, 0.05) is 17.5 Å². The highest BCUT2D eigenvalue weighted by Gasteiger charge is 2.35. The first-order chi connectivity index (χ1) is 12.0. The van der Waals surface area contributed by atoms with Gasteiger partial charge in [0.25, 0.3) is 5.91 Å². The van der Waals surface area contributed by atoms with Gasteiger partial charge < -0.3 is 14.3 Å². The second kappa shape index (κ2) is 6.19. The van der Waals surface area contributed by atoms with Crippen LogP contribution in [-0.4, -0.2) is 32.3 Å². The highest BCUT2D eigenvalue weighted by Crippen LogP contribution is 2.34. The fourth-order valence-electron chi connectivity index (χ4n) is 3.41. The Balaban J connectivity index is 1.67. The van der Waals surface area contributed by atoms with Gasteiger partial charge >= 0.3 is 0 Å². The van der Waals surface area contributed by atoms with Gasteiger partial charge in [-0.25, -0.2) is 9.97 Å². The molecule has 0 radical (unpaired) electrons. The molecule has 1 saturated heterocycles. The minimum Gasteiger partial charge on any atom is -0.447 e. The molecule has 130 valence electrons. The Bertz CT molecular complexity index is 930. The van der Waals surface area contributed by atoms with Crippen molar-refractivity contribution < 1.29 is 9.21 Å². The van der Waals surface area contributed by atoms with E-state index in [4.69, 9.17) is 16.0 Å². The maximum atomic E-state index is 13.0. The summed E-state index contributed by atoms with van der Waals surface area (Å²) in [6.45, 7) is 4.66. The van der Waals surface area contributed by atoms with Crippen molar-refractivity contribution in [3.8, 4) is 0 Å². The summed E-state index contributed by atoms with van der Waals surface area (Å²) >= 11 is 6.05. The second-order valence-corrected chi connectivity index (χ2v) is 7.10. The Morgan fingerprint density at radius 1 is 1.44 bits per heavy atom. The first kappa shape index (κ1) is 16.1. The number of fused-ring (bicyclic) bond motifs is 1. The van der Waals surface area contributed by atoms with E-state index >= 15 is 0 Å². The highest BCUT2D eigenvalue weighted by molar-refractivity contribution is 6.31. The van der Waals surface area contributed by atoms with E-state index in [1.54, 1.807) is 0 Å². The molecule has 1 aromatic carbocycles. The van der Waals surface area contributed by atoms with Crippen molar-refractivity contribution in [2.45, 2.75) is 38.6 Å². The number of benzene rings is 1. The topological polar surface area (TPSA) is 75.0 Å². The van der Waals surface area contributed by atoms with E-state index in [2.05, 4.69) is 15.0 Å². The summed E-state index contributed by atoms with van der Waals surface area (Å²) in [5.74, 6) is 1.43. The lowest BCUT2D eigenvalue weighted by molar-refractivity contribution is 0.0722. The number of hydrogen-bond acceptors (Lipinski definition) is 4. The third kappa shape index (κ3) is 2.80. The molecule has 0 saturated carbocycles. The Labute approximate surface area is 150 Å². The van der Waals surface area contributed by atoms with Gasteiger partial charge in [0.2, 0.25) is 0 Å². The zero-order valence-electron chi connectivity index (χ0n) is 14.1. The van der Waals surface area contributed by atoms with Crippen molar-refractivity contribution in [1.29, 1.82) is 0 Å². The Morgan fingerprint density at radius 2 is 2.28 bits per heavy atom. The number of aromatic amines is 1. The SMILES string of the molecule is CC(C)c1ocnc1C(=O)N1CCCC1c1nc2ccc(Cl)cc2[nH]1. The van der Waals surface area contributed by atoms with Gasteiger partial charge in [-0.05, 0) is 31.0 Å². The molecule has 1 amide bonds. The van der Waals surface area contributed by atoms with Gasteiger partial charge in [-0.1, -0.05) is 25.4 Å². The largest absolute Gasteiger partial charge is 0.447 e. The van der Waals surface area contributed by atoms with Crippen LogP contribution in [0.5, 0.6) is 0 Å². The van der Waals surface area contributed by atoms with Crippen molar-refractivity contribution in [3.63, 3.8) is 0 Å². The fourth-order valence-corrected chi connectivity index (χ4v) is 3.59. The number of H-pyrrole nitrogens is 1. The minimum absolute atomic E-state index is 0.0876. The molecule has 2 aromatic heterocycles. The summed E-state index contributed by atoms with van der Waals surface area (Å²) in [5, 5.41) is 0.659. The molecule has 1 N–H and O–H groups in total. The average Bonchev–Trinajstić information content (AvgIpc) is 3.31. The van der Waals surface area contributed by atoms with Gasteiger partial charge in [0.15, 0.2) is 12.1 Å². The molecule has 3 aromatic rings. The number of imidazole rings is 1. The van der Waals surface area contributed by atoms with Crippen LogP contribution in [0.25, 0.3) is 11.0 Å². The number of nitrogens with one attached hydrogen (secondary N) is 1. The number of carbonyl (C=O) groups excluding carboxylic acids is 1. The molecular weight excluding hydrogens is 340 g/mol. The number of oxazole rings is 1. The Kier molecular flexibility index (Phi) is 4.00. The number of nitrogens with zero attached hydrogens (tertiary/aromatic N) is 3. The molecule has 4 rings (SSSR count). The monoisotopic (exact) mass is 358 g/mol. The predicted octanol–water partition coefficient (Wildman–Crippen LogP) is 4.31. The smallest absolute Gasteiger partial charge is 0.276 e. The summed E-state index contributed by atoms with van der Waals surface area (Å²) < 4.78 is 5.41. The molecule has 0 aliphatic carbocycles. The van der Waals surface area contributed by atoms with Crippen LogP contribution in [0.2, 0.25) is 5.02 Å². The van der Waals surface area contributed by atoms with Gasteiger partial charge in [0.1, 0.15) is 11.6 Å². The Hall–Kier alpha value is -2.34. The molecule has 1 atom stereocenters. The molecule has 1 aliphatic rings. The molecule has 1 unspecified atom stereocenters. The lowest BCUT2D eigenvalue weighted by Gasteiger charge is -2.22. The normalized spacial score (nSPS) is 17.8. The molecular formula is C18H19ClN4O2. The summed E-state index contributed by atoms with van der Waals surface area (Å²) in [6, 6.07) is 5.46. The number of hydrogen-bond donors (Lipinski definition) is 1. The lowest BCUT2D eigenvalue weighted by Crippen LogP contribution is -2.32. The van der Waals surface area contributed by atoms with Crippen LogP contribution < -0.4 is 0 Å². The molecule has 3 heterocycles. The zero-order chi connectivity index (χ0) is 17.6. The Morgan fingerprint density at radius 3 is 3.08 bits per heavy atom. The number of aromatic nitrogens is 3. The summed E-state index contributed by atoms with van der Waals surface area (Å²) in [5.41, 5.74) is 2.13. The maximum Gasteiger partial charge on any atom is 0.276 e. The second-order valence-electron chi connectivity index (χ2n) is 6.66. The fraction of sp³-hybridized carbons (Fsp3) is 0.389. The number of likely N-dealkylation sites (tertiary alicyclic amines) is 1.